The number of nitro benzene ring substituents is 2. The lowest BCUT2D eigenvalue weighted by molar-refractivity contribution is -0.384. The van der Waals surface area contributed by atoms with Gasteiger partial charge in [-0.05, 0) is 31.2 Å². The number of nitrogens with one attached hydrogen (secondary N) is 1. The predicted molar refractivity (Wildman–Crippen MR) is 89.9 cm³/mol. The maximum Gasteiger partial charge on any atom is 0.416 e. The summed E-state index contributed by atoms with van der Waals surface area (Å²) in [6.07, 6.45) is -4.76. The van der Waals surface area contributed by atoms with E-state index in [-0.39, 0.29) is 17.1 Å². The number of nitrogens with zero attached hydrogens (tertiary/aromatic N) is 2. The standard InChI is InChI=1S/C16H12F3N3O6/c1-9(15(23)28-12-5-3-11(4-6-12)21(24)25)20-13-7-2-10(16(17,18)19)8-14(13)22(26)27/h2-9,20H,1H3/t9-/m0/s1. The quantitative estimate of drug-likeness (QED) is 0.338. The summed E-state index contributed by atoms with van der Waals surface area (Å²) in [7, 11) is 0. The number of hydrogen-bond acceptors (Lipinski definition) is 7. The molecule has 0 radical (unpaired) electrons. The van der Waals surface area contributed by atoms with E-state index < -0.39 is 39.3 Å². The minimum absolute atomic E-state index is 0.00818. The summed E-state index contributed by atoms with van der Waals surface area (Å²) in [4.78, 5) is 32.1. The Kier molecular flexibility index (Phi) is 5.81. The van der Waals surface area contributed by atoms with Crippen molar-refractivity contribution < 1.29 is 32.5 Å². The van der Waals surface area contributed by atoms with E-state index in [0.717, 1.165) is 18.2 Å². The van der Waals surface area contributed by atoms with E-state index in [0.29, 0.717) is 12.1 Å². The smallest absolute Gasteiger partial charge is 0.416 e. The van der Waals surface area contributed by atoms with Crippen molar-refractivity contribution in [2.75, 3.05) is 5.32 Å². The maximum atomic E-state index is 12.7. The van der Waals surface area contributed by atoms with Crippen LogP contribution in [0.5, 0.6) is 5.75 Å². The van der Waals surface area contributed by atoms with Gasteiger partial charge < -0.3 is 10.1 Å². The van der Waals surface area contributed by atoms with Crippen molar-refractivity contribution in [1.29, 1.82) is 0 Å². The highest BCUT2D eigenvalue weighted by molar-refractivity contribution is 5.82. The second kappa shape index (κ2) is 7.90. The number of halogens is 3. The summed E-state index contributed by atoms with van der Waals surface area (Å²) in [5, 5.41) is 24.1. The molecule has 0 aliphatic carbocycles. The Bertz CT molecular complexity index is 915. The fourth-order valence-electron chi connectivity index (χ4n) is 2.11. The van der Waals surface area contributed by atoms with Gasteiger partial charge in [0.15, 0.2) is 0 Å². The second-order valence-electron chi connectivity index (χ2n) is 5.52. The molecule has 2 aromatic rings. The van der Waals surface area contributed by atoms with Crippen LogP contribution in [0.1, 0.15) is 12.5 Å². The number of nitro groups is 2. The molecule has 0 fully saturated rings. The van der Waals surface area contributed by atoms with Crippen molar-refractivity contribution in [2.24, 2.45) is 0 Å². The lowest BCUT2D eigenvalue weighted by atomic mass is 10.1. The molecule has 0 amide bonds. The average molecular weight is 399 g/mol. The highest BCUT2D eigenvalue weighted by Crippen LogP contribution is 2.35. The average Bonchev–Trinajstić information content (AvgIpc) is 2.61. The SMILES string of the molecule is C[C@H](Nc1ccc(C(F)(F)F)cc1[N+](=O)[O-])C(=O)Oc1ccc([N+](=O)[O-])cc1. The fraction of sp³-hybridized carbons (Fsp3) is 0.188. The third-order valence-electron chi connectivity index (χ3n) is 3.51. The zero-order valence-electron chi connectivity index (χ0n) is 14.1. The van der Waals surface area contributed by atoms with Gasteiger partial charge in [0.05, 0.1) is 15.4 Å². The summed E-state index contributed by atoms with van der Waals surface area (Å²) in [6, 6.07) is 5.28. The minimum atomic E-state index is -4.76. The van der Waals surface area contributed by atoms with Crippen LogP contribution >= 0.6 is 0 Å². The molecule has 0 spiro atoms. The number of rotatable bonds is 6. The minimum Gasteiger partial charge on any atom is -0.425 e. The number of anilines is 1. The number of ether oxygens (including phenoxy) is 1. The second-order valence-corrected chi connectivity index (χ2v) is 5.52. The molecule has 1 atom stereocenters. The summed E-state index contributed by atoms with van der Waals surface area (Å²) >= 11 is 0. The van der Waals surface area contributed by atoms with Gasteiger partial charge in [0.1, 0.15) is 17.5 Å². The summed E-state index contributed by atoms with van der Waals surface area (Å²) in [5.74, 6) is -0.908. The first-order valence-electron chi connectivity index (χ1n) is 7.57. The molecule has 0 bridgehead atoms. The molecule has 2 rings (SSSR count). The molecule has 2 aromatic carbocycles. The Labute approximate surface area is 155 Å². The monoisotopic (exact) mass is 399 g/mol. The number of carbonyl (C=O) groups is 1. The molecule has 1 N–H and O–H groups in total. The van der Waals surface area contributed by atoms with Crippen LogP contribution in [0.4, 0.5) is 30.2 Å². The van der Waals surface area contributed by atoms with Gasteiger partial charge in [-0.2, -0.15) is 13.2 Å². The van der Waals surface area contributed by atoms with Gasteiger partial charge in [-0.3, -0.25) is 20.2 Å². The zero-order chi connectivity index (χ0) is 21.1. The first-order valence-corrected chi connectivity index (χ1v) is 7.57. The molecule has 9 nitrogen and oxygen atoms in total. The van der Waals surface area contributed by atoms with Crippen molar-refractivity contribution >= 4 is 23.0 Å². The van der Waals surface area contributed by atoms with Crippen LogP contribution in [-0.4, -0.2) is 21.9 Å². The van der Waals surface area contributed by atoms with E-state index >= 15 is 0 Å². The van der Waals surface area contributed by atoms with Gasteiger partial charge >= 0.3 is 12.1 Å². The van der Waals surface area contributed by atoms with Crippen molar-refractivity contribution in [3.05, 3.63) is 68.3 Å². The lowest BCUT2D eigenvalue weighted by Gasteiger charge is -2.15. The van der Waals surface area contributed by atoms with E-state index in [2.05, 4.69) is 5.32 Å². The molecule has 148 valence electrons. The van der Waals surface area contributed by atoms with Gasteiger partial charge in [-0.1, -0.05) is 0 Å². The summed E-state index contributed by atoms with van der Waals surface area (Å²) in [5.41, 5.74) is -2.58. The largest absolute Gasteiger partial charge is 0.425 e. The highest BCUT2D eigenvalue weighted by Gasteiger charge is 2.33. The van der Waals surface area contributed by atoms with E-state index in [4.69, 9.17) is 4.74 Å². The number of non-ortho nitro benzene ring substituents is 1. The van der Waals surface area contributed by atoms with Crippen molar-refractivity contribution in [3.63, 3.8) is 0 Å². The molecule has 12 heteroatoms. The molecule has 0 aliphatic heterocycles. The summed E-state index contributed by atoms with van der Waals surface area (Å²) < 4.78 is 43.1. The van der Waals surface area contributed by atoms with E-state index in [1.165, 1.54) is 19.1 Å². The third-order valence-corrected chi connectivity index (χ3v) is 3.51. The molecule has 28 heavy (non-hydrogen) atoms. The molecule has 0 aliphatic rings. The number of carbonyl (C=O) groups excluding carboxylic acids is 1. The summed E-state index contributed by atoms with van der Waals surface area (Å²) in [6.45, 7) is 1.29. The van der Waals surface area contributed by atoms with E-state index in [1.807, 2.05) is 0 Å². The Morgan fingerprint density at radius 2 is 1.68 bits per heavy atom. The Morgan fingerprint density at radius 1 is 1.07 bits per heavy atom. The molecular formula is C16H12F3N3O6. The zero-order valence-corrected chi connectivity index (χ0v) is 14.1. The fourth-order valence-corrected chi connectivity index (χ4v) is 2.11. The number of esters is 1. The van der Waals surface area contributed by atoms with Gasteiger partial charge in [0.25, 0.3) is 11.4 Å². The molecular weight excluding hydrogens is 387 g/mol. The van der Waals surface area contributed by atoms with Crippen LogP contribution < -0.4 is 10.1 Å². The number of alkyl halides is 3. The molecule has 0 heterocycles. The van der Waals surface area contributed by atoms with Gasteiger partial charge in [-0.25, -0.2) is 4.79 Å². The van der Waals surface area contributed by atoms with Gasteiger partial charge in [-0.15, -0.1) is 0 Å². The van der Waals surface area contributed by atoms with E-state index in [1.54, 1.807) is 0 Å². The van der Waals surface area contributed by atoms with Crippen molar-refractivity contribution in [3.8, 4) is 5.75 Å². The van der Waals surface area contributed by atoms with Crippen LogP contribution in [0.2, 0.25) is 0 Å². The van der Waals surface area contributed by atoms with Crippen LogP contribution in [0.25, 0.3) is 0 Å². The van der Waals surface area contributed by atoms with E-state index in [9.17, 15) is 38.2 Å². The topological polar surface area (TPSA) is 125 Å². The van der Waals surface area contributed by atoms with Crippen molar-refractivity contribution in [2.45, 2.75) is 19.1 Å². The lowest BCUT2D eigenvalue weighted by Crippen LogP contribution is -2.30. The molecule has 0 aromatic heterocycles. The number of hydrogen-bond donors (Lipinski definition) is 1. The Morgan fingerprint density at radius 3 is 2.18 bits per heavy atom. The first kappa shape index (κ1) is 20.6. The highest BCUT2D eigenvalue weighted by atomic mass is 19.4. The Hall–Kier alpha value is -3.70. The normalized spacial score (nSPS) is 12.1. The van der Waals surface area contributed by atoms with Crippen LogP contribution in [0.15, 0.2) is 42.5 Å². The van der Waals surface area contributed by atoms with Crippen LogP contribution in [-0.2, 0) is 11.0 Å². The van der Waals surface area contributed by atoms with Gasteiger partial charge in [0, 0.05) is 18.2 Å². The molecule has 0 saturated carbocycles. The number of benzene rings is 2. The van der Waals surface area contributed by atoms with Crippen molar-refractivity contribution in [1.82, 2.24) is 0 Å². The predicted octanol–water partition coefficient (Wildman–Crippen LogP) is 3.93. The third kappa shape index (κ3) is 4.93. The first-order chi connectivity index (χ1) is 13.0. The maximum absolute atomic E-state index is 12.7. The van der Waals surface area contributed by atoms with Gasteiger partial charge in [0.2, 0.25) is 0 Å². The van der Waals surface area contributed by atoms with Crippen LogP contribution in [0.3, 0.4) is 0 Å². The Balaban J connectivity index is 2.14. The molecule has 0 saturated heterocycles. The van der Waals surface area contributed by atoms with Crippen LogP contribution in [0, 0.1) is 20.2 Å². The molecule has 0 unspecified atom stereocenters.